The molecule has 0 unspecified atom stereocenters. The molecule has 1 saturated heterocycles. The first-order valence-corrected chi connectivity index (χ1v) is 9.47. The minimum absolute atomic E-state index is 0.0580. The van der Waals surface area contributed by atoms with Crippen molar-refractivity contribution >= 4 is 51.9 Å². The molecule has 9 heteroatoms. The zero-order chi connectivity index (χ0) is 20.5. The second kappa shape index (κ2) is 7.51. The van der Waals surface area contributed by atoms with Crippen LogP contribution in [0.5, 0.6) is 0 Å². The van der Waals surface area contributed by atoms with Crippen LogP contribution in [-0.4, -0.2) is 16.7 Å². The fraction of sp³-hybridized carbons (Fsp3) is 0. The summed E-state index contributed by atoms with van der Waals surface area (Å²) in [5, 5.41) is 12.1. The third-order valence-corrected chi connectivity index (χ3v) is 4.95. The Hall–Kier alpha value is -3.47. The quantitative estimate of drug-likeness (QED) is 0.192. The number of hydrazine groups is 1. The highest BCUT2D eigenvalue weighted by Crippen LogP contribution is 2.28. The first kappa shape index (κ1) is 18.9. The summed E-state index contributed by atoms with van der Waals surface area (Å²) in [5.74, 6) is -0.360. The molecule has 8 nitrogen and oxygen atoms in total. The number of amides is 2. The van der Waals surface area contributed by atoms with Crippen molar-refractivity contribution in [2.45, 2.75) is 0 Å². The molecule has 1 fully saturated rings. The second-order valence-corrected chi connectivity index (χ2v) is 7.37. The molecule has 0 atom stereocenters. The Balaban J connectivity index is 1.61. The van der Waals surface area contributed by atoms with Crippen LogP contribution in [-0.2, 0) is 9.59 Å². The zero-order valence-corrected chi connectivity index (χ0v) is 16.8. The van der Waals surface area contributed by atoms with Crippen molar-refractivity contribution in [1.82, 2.24) is 5.43 Å². The third-order valence-electron chi connectivity index (χ3n) is 4.23. The molecule has 0 spiro atoms. The Morgan fingerprint density at radius 1 is 1.07 bits per heavy atom. The number of carbonyl (C=O) groups excluding carboxylic acids is 2. The minimum Gasteiger partial charge on any atom is -0.457 e. The van der Waals surface area contributed by atoms with Crippen LogP contribution in [0.2, 0.25) is 0 Å². The molecule has 1 aliphatic heterocycles. The molecular weight excluding hydrogens is 489 g/mol. The number of nitrogens with zero attached hydrogens (tertiary/aromatic N) is 2. The van der Waals surface area contributed by atoms with Crippen LogP contribution in [0.3, 0.4) is 0 Å². The Bertz CT molecular complexity index is 1170. The van der Waals surface area contributed by atoms with Gasteiger partial charge in [-0.2, -0.15) is 0 Å². The van der Waals surface area contributed by atoms with E-state index in [2.05, 4.69) is 28.0 Å². The van der Waals surface area contributed by atoms with Gasteiger partial charge in [-0.1, -0.05) is 12.1 Å². The van der Waals surface area contributed by atoms with Crippen molar-refractivity contribution < 1.29 is 18.9 Å². The van der Waals surface area contributed by atoms with E-state index in [1.807, 2.05) is 12.1 Å². The van der Waals surface area contributed by atoms with E-state index in [0.29, 0.717) is 17.0 Å². The van der Waals surface area contributed by atoms with Crippen LogP contribution < -0.4 is 10.4 Å². The van der Waals surface area contributed by atoms with Gasteiger partial charge in [0.2, 0.25) is 0 Å². The highest BCUT2D eigenvalue weighted by molar-refractivity contribution is 14.1. The van der Waals surface area contributed by atoms with Crippen LogP contribution in [0.1, 0.15) is 5.76 Å². The smallest absolute Gasteiger partial charge is 0.282 e. The van der Waals surface area contributed by atoms with Gasteiger partial charge in [0.1, 0.15) is 17.1 Å². The second-order valence-electron chi connectivity index (χ2n) is 6.13. The van der Waals surface area contributed by atoms with Gasteiger partial charge < -0.3 is 4.42 Å². The minimum atomic E-state index is -0.540. The van der Waals surface area contributed by atoms with E-state index in [-0.39, 0.29) is 17.0 Å². The maximum atomic E-state index is 12.7. The molecular formula is C20H12IN3O5. The number of furan rings is 1. The summed E-state index contributed by atoms with van der Waals surface area (Å²) in [7, 11) is 0. The average molecular weight is 501 g/mol. The standard InChI is InChI=1S/C20H12IN3O5/c21-13-4-6-14(7-5-13)23-20(26)17(19(25)22-23)11-16-8-9-18(29-16)12-2-1-3-15(10-12)24(27)28/h1-11H,(H,22,25)/b17-11+. The summed E-state index contributed by atoms with van der Waals surface area (Å²) in [6, 6.07) is 16.3. The molecule has 3 aromatic rings. The molecule has 2 aromatic carbocycles. The lowest BCUT2D eigenvalue weighted by Gasteiger charge is -2.14. The normalized spacial score (nSPS) is 15.1. The Labute approximate surface area is 178 Å². The van der Waals surface area contributed by atoms with E-state index in [0.717, 1.165) is 3.57 Å². The molecule has 1 aliphatic rings. The number of benzene rings is 2. The Morgan fingerprint density at radius 3 is 2.55 bits per heavy atom. The van der Waals surface area contributed by atoms with Crippen molar-refractivity contribution in [1.29, 1.82) is 0 Å². The number of non-ortho nitro benzene ring substituents is 1. The Kier molecular flexibility index (Phi) is 4.89. The van der Waals surface area contributed by atoms with Gasteiger partial charge in [-0.25, -0.2) is 5.01 Å². The largest absolute Gasteiger partial charge is 0.457 e. The molecule has 0 aliphatic carbocycles. The highest BCUT2D eigenvalue weighted by Gasteiger charge is 2.34. The number of rotatable bonds is 4. The summed E-state index contributed by atoms with van der Waals surface area (Å²) in [4.78, 5) is 35.4. The average Bonchev–Trinajstić information content (AvgIpc) is 3.29. The first-order chi connectivity index (χ1) is 13.9. The molecule has 0 bridgehead atoms. The maximum Gasteiger partial charge on any atom is 0.282 e. The van der Waals surface area contributed by atoms with E-state index in [4.69, 9.17) is 4.42 Å². The lowest BCUT2D eigenvalue weighted by molar-refractivity contribution is -0.384. The van der Waals surface area contributed by atoms with E-state index in [9.17, 15) is 19.7 Å². The predicted octanol–water partition coefficient (Wildman–Crippen LogP) is 3.92. The van der Waals surface area contributed by atoms with Gasteiger partial charge >= 0.3 is 0 Å². The number of hydrogen-bond donors (Lipinski definition) is 1. The maximum absolute atomic E-state index is 12.7. The molecule has 1 N–H and O–H groups in total. The van der Waals surface area contributed by atoms with Crippen molar-refractivity contribution in [3.8, 4) is 11.3 Å². The Morgan fingerprint density at radius 2 is 1.83 bits per heavy atom. The molecule has 2 amide bonds. The summed E-state index contributed by atoms with van der Waals surface area (Å²) in [6.45, 7) is 0. The monoisotopic (exact) mass is 501 g/mol. The first-order valence-electron chi connectivity index (χ1n) is 8.40. The van der Waals surface area contributed by atoms with E-state index < -0.39 is 16.7 Å². The summed E-state index contributed by atoms with van der Waals surface area (Å²) >= 11 is 2.15. The molecule has 0 radical (unpaired) electrons. The molecule has 2 heterocycles. The van der Waals surface area contributed by atoms with Crippen molar-refractivity contribution in [2.24, 2.45) is 0 Å². The van der Waals surface area contributed by atoms with E-state index >= 15 is 0 Å². The van der Waals surface area contributed by atoms with Crippen LogP contribution in [0.4, 0.5) is 11.4 Å². The van der Waals surface area contributed by atoms with Crippen LogP contribution >= 0.6 is 22.6 Å². The fourth-order valence-electron chi connectivity index (χ4n) is 2.83. The number of nitro groups is 1. The molecule has 4 rings (SSSR count). The van der Waals surface area contributed by atoms with Crippen molar-refractivity contribution in [3.63, 3.8) is 0 Å². The van der Waals surface area contributed by atoms with Gasteiger partial charge in [-0.3, -0.25) is 25.1 Å². The van der Waals surface area contributed by atoms with Crippen molar-refractivity contribution in [3.05, 3.63) is 85.7 Å². The summed E-state index contributed by atoms with van der Waals surface area (Å²) < 4.78 is 6.67. The third kappa shape index (κ3) is 3.76. The number of anilines is 1. The van der Waals surface area contributed by atoms with Crippen molar-refractivity contribution in [2.75, 3.05) is 5.01 Å². The van der Waals surface area contributed by atoms with E-state index in [1.165, 1.54) is 23.2 Å². The van der Waals surface area contributed by atoms with Crippen LogP contribution in [0.25, 0.3) is 17.4 Å². The molecule has 29 heavy (non-hydrogen) atoms. The number of carbonyl (C=O) groups is 2. The molecule has 1 aromatic heterocycles. The van der Waals surface area contributed by atoms with Gasteiger partial charge in [0, 0.05) is 21.3 Å². The predicted molar refractivity (Wildman–Crippen MR) is 114 cm³/mol. The lowest BCUT2D eigenvalue weighted by Crippen LogP contribution is -2.35. The number of nitrogens with one attached hydrogen (secondary N) is 1. The summed E-state index contributed by atoms with van der Waals surface area (Å²) in [6.07, 6.45) is 1.35. The van der Waals surface area contributed by atoms with E-state index in [1.54, 1.807) is 36.4 Å². The fourth-order valence-corrected chi connectivity index (χ4v) is 3.19. The van der Waals surface area contributed by atoms with Crippen LogP contribution in [0.15, 0.2) is 70.7 Å². The zero-order valence-electron chi connectivity index (χ0n) is 14.7. The van der Waals surface area contributed by atoms with Crippen LogP contribution in [0, 0.1) is 13.7 Å². The number of halogens is 1. The molecule has 144 valence electrons. The SMILES string of the molecule is O=C1NN(c2ccc(I)cc2)C(=O)/C1=C/c1ccc(-c2cccc([N+](=O)[O-])c2)o1. The van der Waals surface area contributed by atoms with Gasteiger partial charge in [0.05, 0.1) is 10.6 Å². The molecule has 0 saturated carbocycles. The highest BCUT2D eigenvalue weighted by atomic mass is 127. The van der Waals surface area contributed by atoms with Gasteiger partial charge in [0.15, 0.2) is 0 Å². The van der Waals surface area contributed by atoms with Gasteiger partial charge in [-0.05, 0) is 65.1 Å². The number of nitro benzene ring substituents is 1. The number of hydrogen-bond acceptors (Lipinski definition) is 5. The lowest BCUT2D eigenvalue weighted by atomic mass is 10.1. The van der Waals surface area contributed by atoms with Gasteiger partial charge in [-0.15, -0.1) is 0 Å². The topological polar surface area (TPSA) is 106 Å². The van der Waals surface area contributed by atoms with Gasteiger partial charge in [0.25, 0.3) is 17.5 Å². The summed E-state index contributed by atoms with van der Waals surface area (Å²) in [5.41, 5.74) is 3.47.